The van der Waals surface area contributed by atoms with Gasteiger partial charge in [0.25, 0.3) is 5.91 Å². The summed E-state index contributed by atoms with van der Waals surface area (Å²) in [6, 6.07) is 2.38. The van der Waals surface area contributed by atoms with Gasteiger partial charge in [0.15, 0.2) is 0 Å². The lowest BCUT2D eigenvalue weighted by Gasteiger charge is -2.29. The van der Waals surface area contributed by atoms with Crippen molar-refractivity contribution in [3.05, 3.63) is 21.9 Å². The molecule has 1 heterocycles. The van der Waals surface area contributed by atoms with E-state index in [-0.39, 0.29) is 5.91 Å². The zero-order valence-electron chi connectivity index (χ0n) is 9.95. The number of hydrogen-bond acceptors (Lipinski definition) is 2. The second-order valence-electron chi connectivity index (χ2n) is 4.77. The molecule has 0 saturated heterocycles. The van der Waals surface area contributed by atoms with Gasteiger partial charge >= 0.3 is 0 Å². The summed E-state index contributed by atoms with van der Waals surface area (Å²) in [6.45, 7) is 4.24. The van der Waals surface area contributed by atoms with Gasteiger partial charge in [0.05, 0.1) is 4.88 Å². The summed E-state index contributed by atoms with van der Waals surface area (Å²) in [4.78, 5) is 12.9. The maximum atomic E-state index is 12.0. The highest BCUT2D eigenvalue weighted by molar-refractivity contribution is 7.12. The third-order valence-electron chi connectivity index (χ3n) is 3.50. The average molecular weight is 237 g/mol. The molecule has 1 amide bonds. The van der Waals surface area contributed by atoms with Gasteiger partial charge in [0, 0.05) is 6.04 Å². The van der Waals surface area contributed by atoms with Gasteiger partial charge in [0.1, 0.15) is 0 Å². The van der Waals surface area contributed by atoms with Gasteiger partial charge in [-0.1, -0.05) is 19.8 Å². The standard InChI is InChI=1S/C13H19NOS/c1-9-5-3-4-6-11(9)14-13(15)12-10(2)7-8-16-12/h7-9,11H,3-6H2,1-2H3,(H,14,15)/t9-,11-/m1/s1. The van der Waals surface area contributed by atoms with Gasteiger partial charge in [-0.05, 0) is 42.7 Å². The van der Waals surface area contributed by atoms with Gasteiger partial charge in [-0.25, -0.2) is 0 Å². The van der Waals surface area contributed by atoms with Crippen molar-refractivity contribution in [1.82, 2.24) is 5.32 Å². The monoisotopic (exact) mass is 237 g/mol. The lowest BCUT2D eigenvalue weighted by molar-refractivity contribution is 0.0914. The largest absolute Gasteiger partial charge is 0.348 e. The van der Waals surface area contributed by atoms with Crippen LogP contribution in [-0.4, -0.2) is 11.9 Å². The minimum absolute atomic E-state index is 0.117. The van der Waals surface area contributed by atoms with Crippen molar-refractivity contribution in [2.75, 3.05) is 0 Å². The molecule has 1 aromatic heterocycles. The van der Waals surface area contributed by atoms with E-state index in [2.05, 4.69) is 12.2 Å². The maximum absolute atomic E-state index is 12.0. The van der Waals surface area contributed by atoms with Gasteiger partial charge in [-0.2, -0.15) is 0 Å². The number of rotatable bonds is 2. The highest BCUT2D eigenvalue weighted by atomic mass is 32.1. The van der Waals surface area contributed by atoms with Gasteiger partial charge in [-0.3, -0.25) is 4.79 Å². The number of hydrogen-bond donors (Lipinski definition) is 1. The molecule has 1 saturated carbocycles. The van der Waals surface area contributed by atoms with E-state index in [0.29, 0.717) is 12.0 Å². The fourth-order valence-electron chi connectivity index (χ4n) is 2.37. The molecule has 0 radical (unpaired) electrons. The van der Waals surface area contributed by atoms with E-state index in [1.807, 2.05) is 18.4 Å². The number of carbonyl (C=O) groups excluding carboxylic acids is 1. The fraction of sp³-hybridized carbons (Fsp3) is 0.615. The maximum Gasteiger partial charge on any atom is 0.261 e. The first kappa shape index (κ1) is 11.6. The molecule has 3 heteroatoms. The molecule has 1 aromatic rings. The number of nitrogens with one attached hydrogen (secondary N) is 1. The van der Waals surface area contributed by atoms with Crippen molar-refractivity contribution in [1.29, 1.82) is 0 Å². The fourth-order valence-corrected chi connectivity index (χ4v) is 3.20. The zero-order chi connectivity index (χ0) is 11.5. The molecule has 16 heavy (non-hydrogen) atoms. The van der Waals surface area contributed by atoms with Crippen molar-refractivity contribution < 1.29 is 4.79 Å². The van der Waals surface area contributed by atoms with Crippen LogP contribution in [0.4, 0.5) is 0 Å². The highest BCUT2D eigenvalue weighted by Gasteiger charge is 2.23. The molecule has 0 bridgehead atoms. The van der Waals surface area contributed by atoms with Gasteiger partial charge < -0.3 is 5.32 Å². The Hall–Kier alpha value is -0.830. The molecule has 0 aromatic carbocycles. The quantitative estimate of drug-likeness (QED) is 0.839. The number of carbonyl (C=O) groups is 1. The second kappa shape index (κ2) is 5.00. The third kappa shape index (κ3) is 2.46. The Bertz CT molecular complexity index is 372. The lowest BCUT2D eigenvalue weighted by atomic mass is 9.86. The van der Waals surface area contributed by atoms with Crippen LogP contribution in [0.1, 0.15) is 47.8 Å². The second-order valence-corrected chi connectivity index (χ2v) is 5.69. The van der Waals surface area contributed by atoms with Crippen LogP contribution >= 0.6 is 11.3 Å². The Labute approximate surface area is 101 Å². The molecule has 1 aliphatic carbocycles. The smallest absolute Gasteiger partial charge is 0.261 e. The average Bonchev–Trinajstić information content (AvgIpc) is 2.68. The molecular weight excluding hydrogens is 218 g/mol. The van der Waals surface area contributed by atoms with Crippen LogP contribution in [0, 0.1) is 12.8 Å². The van der Waals surface area contributed by atoms with Gasteiger partial charge in [0.2, 0.25) is 0 Å². The van der Waals surface area contributed by atoms with Crippen LogP contribution in [0.2, 0.25) is 0 Å². The molecular formula is C13H19NOS. The van der Waals surface area contributed by atoms with E-state index in [4.69, 9.17) is 0 Å². The molecule has 88 valence electrons. The first-order chi connectivity index (χ1) is 7.68. The predicted molar refractivity (Wildman–Crippen MR) is 67.9 cm³/mol. The number of thiophene rings is 1. The normalized spacial score (nSPS) is 25.4. The van der Waals surface area contributed by atoms with Crippen molar-refractivity contribution in [2.24, 2.45) is 5.92 Å². The van der Waals surface area contributed by atoms with E-state index in [1.165, 1.54) is 30.6 Å². The van der Waals surface area contributed by atoms with Gasteiger partial charge in [-0.15, -0.1) is 11.3 Å². The molecule has 1 fully saturated rings. The Morgan fingerprint density at radius 2 is 2.19 bits per heavy atom. The van der Waals surface area contributed by atoms with E-state index >= 15 is 0 Å². The van der Waals surface area contributed by atoms with Crippen LogP contribution in [-0.2, 0) is 0 Å². The van der Waals surface area contributed by atoms with E-state index in [0.717, 1.165) is 16.9 Å². The number of aryl methyl sites for hydroxylation is 1. The van der Waals surface area contributed by atoms with Crippen LogP contribution in [0.25, 0.3) is 0 Å². The van der Waals surface area contributed by atoms with Crippen molar-refractivity contribution in [3.8, 4) is 0 Å². The summed E-state index contributed by atoms with van der Waals surface area (Å²) >= 11 is 1.54. The first-order valence-corrected chi connectivity index (χ1v) is 6.91. The minimum atomic E-state index is 0.117. The summed E-state index contributed by atoms with van der Waals surface area (Å²) in [6.07, 6.45) is 4.94. The molecule has 2 atom stereocenters. The number of amides is 1. The Morgan fingerprint density at radius 3 is 2.81 bits per heavy atom. The van der Waals surface area contributed by atoms with Crippen LogP contribution in [0.5, 0.6) is 0 Å². The van der Waals surface area contributed by atoms with E-state index in [9.17, 15) is 4.79 Å². The molecule has 1 aliphatic rings. The molecule has 2 nitrogen and oxygen atoms in total. The molecule has 0 aliphatic heterocycles. The summed E-state index contributed by atoms with van der Waals surface area (Å²) in [5, 5.41) is 5.16. The minimum Gasteiger partial charge on any atom is -0.348 e. The summed E-state index contributed by atoms with van der Waals surface area (Å²) in [5.74, 6) is 0.740. The summed E-state index contributed by atoms with van der Waals surface area (Å²) in [7, 11) is 0. The van der Waals surface area contributed by atoms with Crippen molar-refractivity contribution >= 4 is 17.2 Å². The highest BCUT2D eigenvalue weighted by Crippen LogP contribution is 2.24. The first-order valence-electron chi connectivity index (χ1n) is 6.03. The Morgan fingerprint density at radius 1 is 1.44 bits per heavy atom. The lowest BCUT2D eigenvalue weighted by Crippen LogP contribution is -2.40. The molecule has 2 rings (SSSR count). The van der Waals surface area contributed by atoms with Crippen LogP contribution in [0.3, 0.4) is 0 Å². The van der Waals surface area contributed by atoms with E-state index < -0.39 is 0 Å². The SMILES string of the molecule is Cc1ccsc1C(=O)N[C@@H]1CCCC[C@H]1C. The summed E-state index contributed by atoms with van der Waals surface area (Å²) in [5.41, 5.74) is 1.09. The topological polar surface area (TPSA) is 29.1 Å². The zero-order valence-corrected chi connectivity index (χ0v) is 10.8. The van der Waals surface area contributed by atoms with Crippen molar-refractivity contribution in [2.45, 2.75) is 45.6 Å². The van der Waals surface area contributed by atoms with Crippen LogP contribution < -0.4 is 5.32 Å². The molecule has 1 N–H and O–H groups in total. The summed E-state index contributed by atoms with van der Waals surface area (Å²) < 4.78 is 0. The molecule has 0 unspecified atom stereocenters. The predicted octanol–water partition coefficient (Wildman–Crippen LogP) is 3.37. The van der Waals surface area contributed by atoms with Crippen molar-refractivity contribution in [3.63, 3.8) is 0 Å². The van der Waals surface area contributed by atoms with E-state index in [1.54, 1.807) is 0 Å². The third-order valence-corrected chi connectivity index (χ3v) is 4.51. The Balaban J connectivity index is 1.99. The Kier molecular flexibility index (Phi) is 3.64. The molecule has 0 spiro atoms. The van der Waals surface area contributed by atoms with Crippen LogP contribution in [0.15, 0.2) is 11.4 Å².